The predicted molar refractivity (Wildman–Crippen MR) is 156 cm³/mol. The van der Waals surface area contributed by atoms with Crippen molar-refractivity contribution in [1.29, 1.82) is 0 Å². The number of nitrogens with zero attached hydrogens (tertiary/aromatic N) is 5. The maximum absolute atomic E-state index is 13.8. The monoisotopic (exact) mass is 586 g/mol. The molecule has 3 fully saturated rings. The van der Waals surface area contributed by atoms with E-state index in [4.69, 9.17) is 0 Å². The van der Waals surface area contributed by atoms with E-state index in [1.54, 1.807) is 19.0 Å². The minimum atomic E-state index is -0.966. The van der Waals surface area contributed by atoms with E-state index in [0.717, 1.165) is 27.7 Å². The number of amides is 4. The van der Waals surface area contributed by atoms with Crippen molar-refractivity contribution in [2.24, 2.45) is 0 Å². The molecule has 0 bridgehead atoms. The third kappa shape index (κ3) is 3.50. The van der Waals surface area contributed by atoms with E-state index in [9.17, 15) is 29.4 Å². The van der Waals surface area contributed by atoms with E-state index in [1.807, 2.05) is 54.7 Å². The highest BCUT2D eigenvalue weighted by Gasteiger charge is 2.65. The van der Waals surface area contributed by atoms with Crippen molar-refractivity contribution in [2.45, 2.75) is 48.7 Å². The Kier molecular flexibility index (Phi) is 6.09. The lowest BCUT2D eigenvalue weighted by atomic mass is 9.86. The van der Waals surface area contributed by atoms with Crippen molar-refractivity contribution in [1.82, 2.24) is 24.2 Å². The third-order valence-corrected chi connectivity index (χ3v) is 10.1. The minimum absolute atomic E-state index is 0.224. The van der Waals surface area contributed by atoms with Gasteiger partial charge in [-0.25, -0.2) is 0 Å². The summed E-state index contributed by atoms with van der Waals surface area (Å²) < 4.78 is 2.13. The number of benzene rings is 2. The fourth-order valence-electron chi connectivity index (χ4n) is 7.75. The highest BCUT2D eigenvalue weighted by Crippen LogP contribution is 2.54. The van der Waals surface area contributed by atoms with E-state index in [-0.39, 0.29) is 30.0 Å². The van der Waals surface area contributed by atoms with Gasteiger partial charge in [-0.2, -0.15) is 0 Å². The lowest BCUT2D eigenvalue weighted by Gasteiger charge is -2.42. The molecule has 12 heteroatoms. The summed E-state index contributed by atoms with van der Waals surface area (Å²) in [6, 6.07) is 12.3. The molecule has 4 aliphatic heterocycles. The second kappa shape index (κ2) is 9.55. The van der Waals surface area contributed by atoms with Gasteiger partial charge in [0, 0.05) is 62.3 Å². The number of para-hydroxylation sites is 2. The normalized spacial score (nSPS) is 30.2. The third-order valence-electron chi connectivity index (χ3n) is 10.1. The number of hydrogen-bond donors (Lipinski definition) is 3. The lowest BCUT2D eigenvalue weighted by molar-refractivity contribution is -0.161. The summed E-state index contributed by atoms with van der Waals surface area (Å²) in [5, 5.41) is 24.2. The molecular formula is C31H34N6O6. The first-order chi connectivity index (χ1) is 20.6. The van der Waals surface area contributed by atoms with E-state index >= 15 is 0 Å². The second-order valence-corrected chi connectivity index (χ2v) is 12.0. The van der Waals surface area contributed by atoms with Crippen molar-refractivity contribution >= 4 is 40.2 Å². The van der Waals surface area contributed by atoms with Gasteiger partial charge in [-0.1, -0.05) is 36.4 Å². The Labute approximate surface area is 248 Å². The smallest absolute Gasteiger partial charge is 0.250 e. The zero-order valence-corrected chi connectivity index (χ0v) is 24.2. The summed E-state index contributed by atoms with van der Waals surface area (Å²) >= 11 is 0. The number of carbonyl (C=O) groups is 4. The molecule has 3 saturated heterocycles. The summed E-state index contributed by atoms with van der Waals surface area (Å²) in [7, 11) is 4.68. The largest absolute Gasteiger partial charge is 0.394 e. The van der Waals surface area contributed by atoms with E-state index in [0.29, 0.717) is 6.42 Å². The van der Waals surface area contributed by atoms with Crippen LogP contribution in [0.1, 0.15) is 17.5 Å². The molecule has 0 saturated carbocycles. The number of nitrogens with one attached hydrogen (secondary N) is 1. The molecule has 5 heterocycles. The predicted octanol–water partition coefficient (Wildman–Crippen LogP) is -0.227. The fourth-order valence-corrected chi connectivity index (χ4v) is 7.75. The summed E-state index contributed by atoms with van der Waals surface area (Å²) in [6.45, 7) is -0.921. The molecular weight excluding hydrogens is 552 g/mol. The fraction of sp³-hybridized carbons (Fsp3) is 0.419. The van der Waals surface area contributed by atoms with Crippen LogP contribution in [0.25, 0.3) is 10.9 Å². The lowest BCUT2D eigenvalue weighted by Crippen LogP contribution is -2.65. The zero-order chi connectivity index (χ0) is 30.4. The molecule has 7 rings (SSSR count). The number of aliphatic hydroxyl groups is 2. The van der Waals surface area contributed by atoms with Gasteiger partial charge in [-0.15, -0.1) is 0 Å². The van der Waals surface area contributed by atoms with Crippen molar-refractivity contribution in [3.63, 3.8) is 0 Å². The van der Waals surface area contributed by atoms with Crippen molar-refractivity contribution in [2.75, 3.05) is 39.7 Å². The van der Waals surface area contributed by atoms with Gasteiger partial charge in [-0.3, -0.25) is 19.2 Å². The molecule has 2 aromatic carbocycles. The SMILES string of the molecule is CN1C(=O)[C@H](Cc2cn([C@]34C[C@H]5C(=O)N(C)[C@@H](CO)C(=O)N5[C@H]3Nc3ccccc34)c3ccccc23)N(C)C(=O)[C@@H]1CO. The number of anilines is 1. The van der Waals surface area contributed by atoms with Crippen LogP contribution < -0.4 is 5.32 Å². The van der Waals surface area contributed by atoms with Crippen LogP contribution in [0.3, 0.4) is 0 Å². The van der Waals surface area contributed by atoms with E-state index in [1.165, 1.54) is 21.7 Å². The van der Waals surface area contributed by atoms with Gasteiger partial charge in [0.05, 0.1) is 13.2 Å². The van der Waals surface area contributed by atoms with Crippen LogP contribution in [0.5, 0.6) is 0 Å². The molecule has 224 valence electrons. The number of aromatic nitrogens is 1. The van der Waals surface area contributed by atoms with E-state index in [2.05, 4.69) is 9.88 Å². The van der Waals surface area contributed by atoms with Gasteiger partial charge in [0.25, 0.3) is 0 Å². The standard InChI is InChI=1S/C31H34N6O6/c1-33-22(26(40)34(2)24(15-38)28(33)42)12-17-14-36(21-11-7-4-8-18(17)21)31-13-23-27(41)35(3)25(16-39)29(43)37(23)30(31)32-20-10-6-5-9-19(20)31/h4-11,14,22-25,30,32,38-39H,12-13,15-16H2,1-3H3/t22-,23-,24-,25-,30+,31-/m0/s1. The van der Waals surface area contributed by atoms with Crippen LogP contribution in [-0.4, -0.2) is 123 Å². The van der Waals surface area contributed by atoms with Crippen LogP contribution in [0.4, 0.5) is 5.69 Å². The molecule has 0 spiro atoms. The van der Waals surface area contributed by atoms with Gasteiger partial charge in [0.1, 0.15) is 35.9 Å². The van der Waals surface area contributed by atoms with E-state index < -0.39 is 49.1 Å². The Balaban J connectivity index is 1.39. The quantitative estimate of drug-likeness (QED) is 0.376. The molecule has 0 radical (unpaired) electrons. The first-order valence-electron chi connectivity index (χ1n) is 14.4. The van der Waals surface area contributed by atoms with Crippen molar-refractivity contribution < 1.29 is 29.4 Å². The first-order valence-corrected chi connectivity index (χ1v) is 14.4. The summed E-state index contributed by atoms with van der Waals surface area (Å²) in [6.07, 6.45) is 1.95. The van der Waals surface area contributed by atoms with Crippen LogP contribution in [0, 0.1) is 0 Å². The van der Waals surface area contributed by atoms with Gasteiger partial charge >= 0.3 is 0 Å². The summed E-state index contributed by atoms with van der Waals surface area (Å²) in [4.78, 5) is 59.6. The summed E-state index contributed by atoms with van der Waals surface area (Å²) in [5.74, 6) is -1.11. The molecule has 3 N–H and O–H groups in total. The Morgan fingerprint density at radius 3 is 2.14 bits per heavy atom. The van der Waals surface area contributed by atoms with Crippen LogP contribution in [-0.2, 0) is 31.1 Å². The number of hydrogen-bond acceptors (Lipinski definition) is 7. The number of likely N-dealkylation sites (N-methyl/N-ethyl adjacent to an activating group) is 3. The minimum Gasteiger partial charge on any atom is -0.394 e. The maximum atomic E-state index is 13.8. The molecule has 4 aliphatic rings. The molecule has 43 heavy (non-hydrogen) atoms. The zero-order valence-electron chi connectivity index (χ0n) is 24.2. The van der Waals surface area contributed by atoms with Crippen molar-refractivity contribution in [3.05, 3.63) is 65.9 Å². The highest BCUT2D eigenvalue weighted by atomic mass is 16.3. The van der Waals surface area contributed by atoms with Crippen LogP contribution in [0.2, 0.25) is 0 Å². The number of fused-ring (bicyclic) bond motifs is 6. The second-order valence-electron chi connectivity index (χ2n) is 12.0. The number of piperazine rings is 2. The van der Waals surface area contributed by atoms with Gasteiger partial charge in [0.15, 0.2) is 0 Å². The number of rotatable bonds is 5. The molecule has 3 aromatic rings. The van der Waals surface area contributed by atoms with Gasteiger partial charge in [0.2, 0.25) is 23.6 Å². The Bertz CT molecular complexity index is 1690. The van der Waals surface area contributed by atoms with Gasteiger partial charge < -0.3 is 39.7 Å². The maximum Gasteiger partial charge on any atom is 0.250 e. The highest BCUT2D eigenvalue weighted by molar-refractivity contribution is 6.00. The van der Waals surface area contributed by atoms with Gasteiger partial charge in [-0.05, 0) is 17.7 Å². The Morgan fingerprint density at radius 2 is 1.40 bits per heavy atom. The molecule has 6 atom stereocenters. The van der Waals surface area contributed by atoms with Crippen LogP contribution >= 0.6 is 0 Å². The summed E-state index contributed by atoms with van der Waals surface area (Å²) in [5.41, 5.74) is 2.64. The number of carbonyl (C=O) groups excluding carboxylic acids is 4. The number of aliphatic hydroxyl groups excluding tert-OH is 2. The Morgan fingerprint density at radius 1 is 0.791 bits per heavy atom. The average molecular weight is 587 g/mol. The molecule has 0 unspecified atom stereocenters. The first kappa shape index (κ1) is 27.4. The van der Waals surface area contributed by atoms with Crippen LogP contribution in [0.15, 0.2) is 54.7 Å². The van der Waals surface area contributed by atoms with Crippen molar-refractivity contribution in [3.8, 4) is 0 Å². The molecule has 0 aliphatic carbocycles. The molecule has 12 nitrogen and oxygen atoms in total. The topological polar surface area (TPSA) is 139 Å². The molecule has 4 amide bonds. The Hall–Kier alpha value is -4.42. The molecule has 1 aromatic heterocycles. The average Bonchev–Trinajstić information content (AvgIpc) is 3.65.